The normalized spacial score (nSPS) is 14.0. The Balaban J connectivity index is 0.00000352. The van der Waals surface area contributed by atoms with E-state index < -0.39 is 35.2 Å². The van der Waals surface area contributed by atoms with Crippen molar-refractivity contribution in [2.75, 3.05) is 0 Å². The number of benzene rings is 12. The van der Waals surface area contributed by atoms with Crippen LogP contribution in [0.1, 0.15) is 2.85 Å². The topological polar surface area (TPSA) is 0 Å². The third kappa shape index (κ3) is 7.98. The summed E-state index contributed by atoms with van der Waals surface area (Å²) in [7, 11) is 0. The molecule has 0 unspecified atom stereocenters. The van der Waals surface area contributed by atoms with Gasteiger partial charge in [0.25, 0.3) is 0 Å². The van der Waals surface area contributed by atoms with E-state index in [4.69, 9.17) is 0 Å². The molecule has 0 N–H and O–H groups in total. The molecule has 0 amide bonds. The van der Waals surface area contributed by atoms with Gasteiger partial charge in [-0.1, -0.05) is 0 Å². The van der Waals surface area contributed by atoms with Crippen molar-refractivity contribution in [3.05, 3.63) is 364 Å². The van der Waals surface area contributed by atoms with Crippen molar-refractivity contribution >= 4 is 86.0 Å². The Hall–Kier alpha value is -7.02. The number of hydrogen-bond acceptors (Lipinski definition) is 0. The third-order valence-corrected chi connectivity index (χ3v) is 130. The van der Waals surface area contributed by atoms with Crippen molar-refractivity contribution in [3.8, 4) is 0 Å². The summed E-state index contributed by atoms with van der Waals surface area (Å²) in [6.07, 6.45) is 0. The quantitative estimate of drug-likeness (QED) is 0.0668. The van der Waals surface area contributed by atoms with Crippen molar-refractivity contribution in [2.24, 2.45) is 0 Å². The van der Waals surface area contributed by atoms with Crippen LogP contribution in [-0.2, 0) is 12.8 Å². The standard InChI is InChI=1S/4C18H15P.Ru/c4*1-4-10-16(11-5-1)19(17-12-6-2-7-13-17)18-14-8-3-9-15-18;/h4*1-15H;/q;;;;-4/p+6. The molecule has 0 heterocycles. The van der Waals surface area contributed by atoms with Crippen molar-refractivity contribution in [3.63, 3.8) is 0 Å². The summed E-state index contributed by atoms with van der Waals surface area (Å²) in [6, 6.07) is 146. The van der Waals surface area contributed by atoms with Crippen LogP contribution in [0.5, 0.6) is 0 Å². The first-order valence-corrected chi connectivity index (χ1v) is 44.5. The Morgan fingerprint density at radius 3 is 0.286 bits per heavy atom. The van der Waals surface area contributed by atoms with Crippen molar-refractivity contribution < 1.29 is 15.7 Å². The molecule has 12 aromatic carbocycles. The SMILES string of the molecule is [H+].[H+].c1ccc([PH](c2ccccc2)(c2ccccc2)[Ru]([PH](c2ccccc2)(c2ccccc2)c2ccccc2)([PH](c2ccccc2)(c2ccccc2)c2ccccc2)[PH](c2ccccc2)(c2ccccc2)c2ccccc2)cc1. The molecule has 0 atom stereocenters. The average molecular weight is 1160 g/mol. The van der Waals surface area contributed by atoms with E-state index in [9.17, 15) is 0 Å². The number of hydrogen-bond donors (Lipinski definition) is 0. The minimum atomic E-state index is -5.01. The van der Waals surface area contributed by atoms with Gasteiger partial charge in [0.2, 0.25) is 0 Å². The summed E-state index contributed by atoms with van der Waals surface area (Å²) >= 11 is -5.01. The molecule has 5 heteroatoms. The van der Waals surface area contributed by atoms with E-state index in [2.05, 4.69) is 364 Å². The van der Waals surface area contributed by atoms with E-state index in [1.807, 2.05) is 0 Å². The summed E-state index contributed by atoms with van der Waals surface area (Å²) in [5.41, 5.74) is -15.6. The first kappa shape index (κ1) is 50.8. The molecule has 12 rings (SSSR count). The summed E-state index contributed by atoms with van der Waals surface area (Å²) < 4.78 is 0. The first-order valence-electron chi connectivity index (χ1n) is 26.6. The first-order chi connectivity index (χ1) is 38.3. The average Bonchev–Trinajstić information content (AvgIpc) is 3.56. The van der Waals surface area contributed by atoms with Crippen LogP contribution in [0.2, 0.25) is 0 Å². The molecule has 0 aromatic heterocycles. The van der Waals surface area contributed by atoms with Crippen molar-refractivity contribution in [1.82, 2.24) is 0 Å². The summed E-state index contributed by atoms with van der Waals surface area (Å²) in [5, 5.41) is 17.5. The summed E-state index contributed by atoms with van der Waals surface area (Å²) in [6.45, 7) is 0. The van der Waals surface area contributed by atoms with E-state index in [0.29, 0.717) is 0 Å². The van der Waals surface area contributed by atoms with E-state index in [-0.39, 0.29) is 2.85 Å². The molecular formula is C72H66P4Ru+2. The summed E-state index contributed by atoms with van der Waals surface area (Å²) in [4.78, 5) is 0. The molecule has 77 heavy (non-hydrogen) atoms. The molecule has 0 saturated carbocycles. The number of rotatable bonds is 16. The molecule has 0 fully saturated rings. The second-order valence-electron chi connectivity index (χ2n) is 19.5. The van der Waals surface area contributed by atoms with Gasteiger partial charge in [-0.2, -0.15) is 0 Å². The Morgan fingerprint density at radius 2 is 0.208 bits per heavy atom. The zero-order chi connectivity index (χ0) is 51.9. The predicted molar refractivity (Wildman–Crippen MR) is 348 cm³/mol. The Bertz CT molecular complexity index is 2870. The molecule has 12 aromatic rings. The van der Waals surface area contributed by atoms with Gasteiger partial charge < -0.3 is 0 Å². The van der Waals surface area contributed by atoms with Crippen LogP contribution in [0, 0.1) is 0 Å². The molecule has 0 aliphatic rings. The van der Waals surface area contributed by atoms with Crippen molar-refractivity contribution in [1.29, 1.82) is 0 Å². The van der Waals surface area contributed by atoms with Gasteiger partial charge >= 0.3 is 466 Å². The maximum atomic E-state index is 2.60. The van der Waals surface area contributed by atoms with Crippen molar-refractivity contribution in [2.45, 2.75) is 0 Å². The zero-order valence-electron chi connectivity index (χ0n) is 45.0. The predicted octanol–water partition coefficient (Wildman–Crippen LogP) is 12.9. The summed E-state index contributed by atoms with van der Waals surface area (Å²) in [5.74, 6) is 0. The molecular weight excluding hydrogens is 1090 g/mol. The second kappa shape index (κ2) is 22.5. The van der Waals surface area contributed by atoms with Gasteiger partial charge in [-0.05, 0) is 0 Å². The molecule has 0 spiro atoms. The molecule has 0 aliphatic carbocycles. The third-order valence-electron chi connectivity index (χ3n) is 15.6. The van der Waals surface area contributed by atoms with Gasteiger partial charge in [0.15, 0.2) is 0 Å². The fraction of sp³-hybridized carbons (Fsp3) is 0. The Kier molecular flexibility index (Phi) is 14.9. The molecule has 0 nitrogen and oxygen atoms in total. The van der Waals surface area contributed by atoms with Gasteiger partial charge in [0.1, 0.15) is 0 Å². The van der Waals surface area contributed by atoms with Crippen LogP contribution < -0.4 is 63.7 Å². The van der Waals surface area contributed by atoms with Crippen LogP contribution in [0.4, 0.5) is 0 Å². The van der Waals surface area contributed by atoms with Gasteiger partial charge in [0, 0.05) is 0 Å². The molecule has 0 saturated heterocycles. The van der Waals surface area contributed by atoms with Crippen LogP contribution in [0.3, 0.4) is 0 Å². The van der Waals surface area contributed by atoms with Gasteiger partial charge in [-0.15, -0.1) is 0 Å². The fourth-order valence-corrected chi connectivity index (χ4v) is 193. The minimum absolute atomic E-state index is 0. The maximum absolute atomic E-state index is 5.01. The molecule has 0 bridgehead atoms. The van der Waals surface area contributed by atoms with E-state index in [1.165, 1.54) is 63.7 Å². The molecule has 0 radical (unpaired) electrons. The van der Waals surface area contributed by atoms with Crippen LogP contribution in [0.25, 0.3) is 0 Å². The van der Waals surface area contributed by atoms with Crippen LogP contribution in [0.15, 0.2) is 364 Å². The van der Waals surface area contributed by atoms with Gasteiger partial charge in [-0.3, -0.25) is 0 Å². The van der Waals surface area contributed by atoms with Gasteiger partial charge in [-0.25, -0.2) is 0 Å². The van der Waals surface area contributed by atoms with E-state index in [0.717, 1.165) is 0 Å². The Morgan fingerprint density at radius 1 is 0.130 bits per heavy atom. The van der Waals surface area contributed by atoms with E-state index in [1.54, 1.807) is 0 Å². The molecule has 0 aliphatic heterocycles. The van der Waals surface area contributed by atoms with Crippen LogP contribution in [-0.4, -0.2) is 0 Å². The van der Waals surface area contributed by atoms with Crippen LogP contribution >= 0.6 is 22.4 Å². The molecule has 380 valence electrons. The van der Waals surface area contributed by atoms with E-state index >= 15 is 0 Å². The fourth-order valence-electron chi connectivity index (χ4n) is 13.0. The van der Waals surface area contributed by atoms with Gasteiger partial charge in [0.05, 0.1) is 0 Å². The zero-order valence-corrected chi connectivity index (χ0v) is 48.7. The second-order valence-corrected chi connectivity index (χ2v) is 74.9. The Labute approximate surface area is 462 Å². The monoisotopic (exact) mass is 1160 g/mol.